The van der Waals surface area contributed by atoms with E-state index >= 15 is 0 Å². The van der Waals surface area contributed by atoms with E-state index < -0.39 is 0 Å². The van der Waals surface area contributed by atoms with E-state index in [0.717, 1.165) is 26.0 Å². The van der Waals surface area contributed by atoms with Crippen LogP contribution >= 0.6 is 46.4 Å². The Balaban J connectivity index is 2.31. The van der Waals surface area contributed by atoms with Gasteiger partial charge in [-0.05, 0) is 65.1 Å². The third kappa shape index (κ3) is 2.34. The molecule has 102 valence electrons. The summed E-state index contributed by atoms with van der Waals surface area (Å²) in [6, 6.07) is 11.6. The van der Waals surface area contributed by atoms with E-state index in [1.54, 1.807) is 7.11 Å². The highest BCUT2D eigenvalue weighted by molar-refractivity contribution is 14.1. The molecule has 0 bridgehead atoms. The number of methoxy groups -OCH3 is 1. The summed E-state index contributed by atoms with van der Waals surface area (Å²) in [5, 5.41) is 0.714. The van der Waals surface area contributed by atoms with E-state index in [0.29, 0.717) is 9.79 Å². The number of hydrogen-bond donors (Lipinski definition) is 1. The molecule has 2 aromatic carbocycles. The Labute approximate surface area is 139 Å². The fourth-order valence-electron chi connectivity index (χ4n) is 2.12. The predicted molar refractivity (Wildman–Crippen MR) is 92.7 cm³/mol. The van der Waals surface area contributed by atoms with Crippen molar-refractivity contribution in [2.75, 3.05) is 7.11 Å². The van der Waals surface area contributed by atoms with Crippen molar-refractivity contribution < 1.29 is 4.74 Å². The summed E-state index contributed by atoms with van der Waals surface area (Å²) >= 11 is 13.7. The van der Waals surface area contributed by atoms with Gasteiger partial charge >= 0.3 is 0 Å². The molecule has 3 aromatic rings. The standard InChI is InChI=1S/C14H10ClIN2OS/c1-19-9-3-5-13-11(7-9)17-14(20)18(13)12-4-2-8(15)6-10(12)16/h2-7H,1H3,(H,17,20). The summed E-state index contributed by atoms with van der Waals surface area (Å²) in [5.41, 5.74) is 2.97. The van der Waals surface area contributed by atoms with Crippen molar-refractivity contribution in [2.24, 2.45) is 0 Å². The monoisotopic (exact) mass is 416 g/mol. The second-order valence-electron chi connectivity index (χ2n) is 4.24. The molecule has 0 amide bonds. The maximum Gasteiger partial charge on any atom is 0.182 e. The van der Waals surface area contributed by atoms with Gasteiger partial charge < -0.3 is 9.72 Å². The van der Waals surface area contributed by atoms with Crippen LogP contribution in [0.5, 0.6) is 5.75 Å². The molecule has 0 saturated heterocycles. The molecule has 0 spiro atoms. The van der Waals surface area contributed by atoms with Crippen molar-refractivity contribution in [3.63, 3.8) is 0 Å². The van der Waals surface area contributed by atoms with Crippen LogP contribution in [0.25, 0.3) is 16.7 Å². The topological polar surface area (TPSA) is 29.9 Å². The molecule has 0 atom stereocenters. The molecular weight excluding hydrogens is 407 g/mol. The van der Waals surface area contributed by atoms with Crippen LogP contribution in [-0.4, -0.2) is 16.7 Å². The van der Waals surface area contributed by atoms with Crippen molar-refractivity contribution in [1.29, 1.82) is 0 Å². The molecule has 20 heavy (non-hydrogen) atoms. The van der Waals surface area contributed by atoms with Gasteiger partial charge in [-0.25, -0.2) is 0 Å². The van der Waals surface area contributed by atoms with Crippen LogP contribution in [0.15, 0.2) is 36.4 Å². The van der Waals surface area contributed by atoms with Crippen molar-refractivity contribution in [2.45, 2.75) is 0 Å². The number of halogens is 2. The highest BCUT2D eigenvalue weighted by atomic mass is 127. The molecule has 0 aliphatic carbocycles. The Morgan fingerprint density at radius 1 is 1.25 bits per heavy atom. The van der Waals surface area contributed by atoms with Crippen LogP contribution in [-0.2, 0) is 0 Å². The Hall–Kier alpha value is -1.05. The van der Waals surface area contributed by atoms with E-state index in [1.807, 2.05) is 41.0 Å². The van der Waals surface area contributed by atoms with Gasteiger partial charge in [0.15, 0.2) is 4.77 Å². The first kappa shape index (κ1) is 13.9. The molecule has 0 unspecified atom stereocenters. The third-order valence-corrected chi connectivity index (χ3v) is 4.42. The zero-order valence-electron chi connectivity index (χ0n) is 10.5. The number of H-pyrrole nitrogens is 1. The molecule has 0 radical (unpaired) electrons. The summed E-state index contributed by atoms with van der Waals surface area (Å²) in [5.74, 6) is 0.798. The van der Waals surface area contributed by atoms with Gasteiger partial charge in [0.2, 0.25) is 0 Å². The molecule has 1 heterocycles. The van der Waals surface area contributed by atoms with Gasteiger partial charge in [0.05, 0.1) is 23.8 Å². The number of ether oxygens (including phenoxy) is 1. The SMILES string of the molecule is COc1ccc2c(c1)[nH]c(=S)n2-c1ccc(Cl)cc1I. The molecule has 0 saturated carbocycles. The zero-order chi connectivity index (χ0) is 14.3. The van der Waals surface area contributed by atoms with Crippen molar-refractivity contribution in [3.8, 4) is 11.4 Å². The molecule has 1 N–H and O–H groups in total. The van der Waals surface area contributed by atoms with Gasteiger partial charge in [0, 0.05) is 14.7 Å². The molecule has 0 fully saturated rings. The van der Waals surface area contributed by atoms with Crippen LogP contribution in [0.1, 0.15) is 0 Å². The molecule has 0 aliphatic heterocycles. The van der Waals surface area contributed by atoms with E-state index in [4.69, 9.17) is 28.6 Å². The lowest BCUT2D eigenvalue weighted by Gasteiger charge is -2.08. The largest absolute Gasteiger partial charge is 0.497 e. The van der Waals surface area contributed by atoms with E-state index in [2.05, 4.69) is 27.6 Å². The first-order chi connectivity index (χ1) is 9.60. The normalized spacial score (nSPS) is 10.9. The van der Waals surface area contributed by atoms with Crippen LogP contribution in [0.4, 0.5) is 0 Å². The Bertz CT molecular complexity index is 856. The highest BCUT2D eigenvalue weighted by Gasteiger charge is 2.10. The van der Waals surface area contributed by atoms with Crippen molar-refractivity contribution in [1.82, 2.24) is 9.55 Å². The average molecular weight is 417 g/mol. The Kier molecular flexibility index (Phi) is 3.74. The first-order valence-electron chi connectivity index (χ1n) is 5.84. The second-order valence-corrected chi connectivity index (χ2v) is 6.23. The van der Waals surface area contributed by atoms with Gasteiger partial charge in [-0.3, -0.25) is 4.57 Å². The van der Waals surface area contributed by atoms with E-state index in [9.17, 15) is 0 Å². The first-order valence-corrected chi connectivity index (χ1v) is 7.71. The van der Waals surface area contributed by atoms with Gasteiger partial charge in [-0.2, -0.15) is 0 Å². The lowest BCUT2D eigenvalue weighted by molar-refractivity contribution is 0.415. The molecule has 6 heteroatoms. The summed E-state index contributed by atoms with van der Waals surface area (Å²) in [7, 11) is 1.65. The second kappa shape index (κ2) is 5.38. The molecule has 0 aliphatic rings. The summed E-state index contributed by atoms with van der Waals surface area (Å²) in [6.45, 7) is 0. The number of imidazole rings is 1. The van der Waals surface area contributed by atoms with Gasteiger partial charge in [0.1, 0.15) is 5.75 Å². The van der Waals surface area contributed by atoms with E-state index in [1.165, 1.54) is 0 Å². The number of aromatic nitrogens is 2. The number of hydrogen-bond acceptors (Lipinski definition) is 2. The highest BCUT2D eigenvalue weighted by Crippen LogP contribution is 2.27. The maximum absolute atomic E-state index is 6.01. The molecular formula is C14H10ClIN2OS. The number of aromatic amines is 1. The quantitative estimate of drug-likeness (QED) is 0.473. The Morgan fingerprint density at radius 2 is 2.05 bits per heavy atom. The predicted octanol–water partition coefficient (Wildman–Crippen LogP) is 4.95. The van der Waals surface area contributed by atoms with Crippen LogP contribution in [0.3, 0.4) is 0 Å². The van der Waals surface area contributed by atoms with Crippen LogP contribution in [0.2, 0.25) is 5.02 Å². The fourth-order valence-corrected chi connectivity index (χ4v) is 3.54. The lowest BCUT2D eigenvalue weighted by atomic mass is 10.2. The smallest absolute Gasteiger partial charge is 0.182 e. The Morgan fingerprint density at radius 3 is 2.75 bits per heavy atom. The number of nitrogens with zero attached hydrogens (tertiary/aromatic N) is 1. The van der Waals surface area contributed by atoms with Crippen LogP contribution < -0.4 is 4.74 Å². The number of nitrogens with one attached hydrogen (secondary N) is 1. The molecule has 3 rings (SSSR count). The van der Waals surface area contributed by atoms with Crippen LogP contribution in [0, 0.1) is 8.34 Å². The minimum atomic E-state index is 0.647. The lowest BCUT2D eigenvalue weighted by Crippen LogP contribution is -1.96. The zero-order valence-corrected chi connectivity index (χ0v) is 14.2. The number of rotatable bonds is 2. The third-order valence-electron chi connectivity index (χ3n) is 3.04. The maximum atomic E-state index is 6.01. The summed E-state index contributed by atoms with van der Waals surface area (Å²) in [4.78, 5) is 3.20. The molecule has 3 nitrogen and oxygen atoms in total. The summed E-state index contributed by atoms with van der Waals surface area (Å²) < 4.78 is 8.93. The minimum Gasteiger partial charge on any atom is -0.497 e. The van der Waals surface area contributed by atoms with Gasteiger partial charge in [0.25, 0.3) is 0 Å². The minimum absolute atomic E-state index is 0.647. The van der Waals surface area contributed by atoms with Gasteiger partial charge in [-0.1, -0.05) is 11.6 Å². The van der Waals surface area contributed by atoms with Crippen molar-refractivity contribution in [3.05, 3.63) is 49.8 Å². The molecule has 1 aromatic heterocycles. The summed E-state index contributed by atoms with van der Waals surface area (Å²) in [6.07, 6.45) is 0. The number of fused-ring (bicyclic) bond motifs is 1. The average Bonchev–Trinajstić information content (AvgIpc) is 2.74. The van der Waals surface area contributed by atoms with Crippen molar-refractivity contribution >= 4 is 57.4 Å². The van der Waals surface area contributed by atoms with Gasteiger partial charge in [-0.15, -0.1) is 0 Å². The van der Waals surface area contributed by atoms with E-state index in [-0.39, 0.29) is 0 Å². The number of benzene rings is 2. The fraction of sp³-hybridized carbons (Fsp3) is 0.0714.